The quantitative estimate of drug-likeness (QED) is 0.386. The van der Waals surface area contributed by atoms with E-state index in [9.17, 15) is 5.11 Å². The number of anilines is 3. The minimum atomic E-state index is -0.388. The molecule has 0 spiro atoms. The summed E-state index contributed by atoms with van der Waals surface area (Å²) in [4.78, 5) is 28.7. The molecule has 0 bridgehead atoms. The molecule has 0 aliphatic carbocycles. The second-order valence-electron chi connectivity index (χ2n) is 9.69. The number of phenols is 1. The van der Waals surface area contributed by atoms with Gasteiger partial charge in [0.1, 0.15) is 18.4 Å². The molecule has 0 fully saturated rings. The van der Waals surface area contributed by atoms with Gasteiger partial charge in [0.05, 0.1) is 5.69 Å². The number of hydrogen-bond donors (Lipinski definition) is 1. The largest absolute Gasteiger partial charge is 0.507 e. The number of benzene rings is 1. The Morgan fingerprint density at radius 2 is 1.26 bits per heavy atom. The van der Waals surface area contributed by atoms with Crippen molar-refractivity contribution in [3.63, 3.8) is 0 Å². The summed E-state index contributed by atoms with van der Waals surface area (Å²) in [6, 6.07) is 3.95. The number of hydrogen-bond acceptors (Lipinski definition) is 10. The Kier molecular flexibility index (Phi) is 8.02. The van der Waals surface area contributed by atoms with Crippen LogP contribution < -0.4 is 4.90 Å². The van der Waals surface area contributed by atoms with Gasteiger partial charge in [0.2, 0.25) is 11.9 Å². The molecule has 0 aliphatic heterocycles. The Labute approximate surface area is 210 Å². The number of thioether (sulfide) groups is 2. The van der Waals surface area contributed by atoms with E-state index in [4.69, 9.17) is 9.97 Å². The maximum atomic E-state index is 11.5. The molecule has 0 saturated carbocycles. The average molecular weight is 500 g/mol. The van der Waals surface area contributed by atoms with Gasteiger partial charge in [-0.1, -0.05) is 85.0 Å². The number of nitrogens with zero attached hydrogens (tertiary/aromatic N) is 7. The predicted molar refractivity (Wildman–Crippen MR) is 140 cm³/mol. The Morgan fingerprint density at radius 3 is 1.68 bits per heavy atom. The molecule has 182 valence electrons. The molecule has 0 amide bonds. The molecule has 0 saturated heterocycles. The Morgan fingerprint density at radius 1 is 0.765 bits per heavy atom. The van der Waals surface area contributed by atoms with Crippen LogP contribution in [-0.4, -0.2) is 46.5 Å². The summed E-state index contributed by atoms with van der Waals surface area (Å²) in [5.41, 5.74) is 1.74. The SMILES string of the molecule is CCSc1ncnc(N(c2ncnc(SCC)n2)c2ccc(C(C)(C)C)c(O)c2C(C)(C)C)n1. The summed E-state index contributed by atoms with van der Waals surface area (Å²) in [6.45, 7) is 16.6. The van der Waals surface area contributed by atoms with Crippen LogP contribution in [0.1, 0.15) is 66.5 Å². The van der Waals surface area contributed by atoms with Crippen LogP contribution in [-0.2, 0) is 10.8 Å². The second-order valence-corrected chi connectivity index (χ2v) is 12.2. The Bertz CT molecular complexity index is 1090. The van der Waals surface area contributed by atoms with E-state index in [2.05, 4.69) is 61.5 Å². The monoisotopic (exact) mass is 499 g/mol. The van der Waals surface area contributed by atoms with E-state index in [0.717, 1.165) is 28.3 Å². The van der Waals surface area contributed by atoms with E-state index < -0.39 is 0 Å². The van der Waals surface area contributed by atoms with Gasteiger partial charge >= 0.3 is 0 Å². The van der Waals surface area contributed by atoms with Crippen molar-refractivity contribution in [2.45, 2.75) is 76.5 Å². The number of aromatic nitrogens is 6. The normalized spacial score (nSPS) is 12.1. The summed E-state index contributed by atoms with van der Waals surface area (Å²) in [6.07, 6.45) is 2.99. The van der Waals surface area contributed by atoms with Crippen LogP contribution in [0.15, 0.2) is 35.1 Å². The van der Waals surface area contributed by atoms with Crippen molar-refractivity contribution in [1.29, 1.82) is 0 Å². The molecule has 3 aromatic rings. The van der Waals surface area contributed by atoms with Gasteiger partial charge in [0.15, 0.2) is 10.3 Å². The van der Waals surface area contributed by atoms with Gasteiger partial charge in [-0.15, -0.1) is 0 Å². The van der Waals surface area contributed by atoms with Crippen molar-refractivity contribution in [3.05, 3.63) is 35.9 Å². The first-order valence-electron chi connectivity index (χ1n) is 11.3. The van der Waals surface area contributed by atoms with Crippen LogP contribution in [0.4, 0.5) is 17.6 Å². The number of aromatic hydroxyl groups is 1. The zero-order chi connectivity index (χ0) is 25.1. The van der Waals surface area contributed by atoms with Gasteiger partial charge in [0.25, 0.3) is 0 Å². The third kappa shape index (κ3) is 5.78. The van der Waals surface area contributed by atoms with Crippen LogP contribution in [0.25, 0.3) is 0 Å². The van der Waals surface area contributed by atoms with Gasteiger partial charge < -0.3 is 5.11 Å². The zero-order valence-electron chi connectivity index (χ0n) is 21.1. The third-order valence-corrected chi connectivity index (χ3v) is 6.46. The molecule has 8 nitrogen and oxygen atoms in total. The summed E-state index contributed by atoms with van der Waals surface area (Å²) >= 11 is 3.06. The fourth-order valence-electron chi connectivity index (χ4n) is 3.58. The number of phenolic OH excluding ortho intramolecular Hbond substituents is 1. The lowest BCUT2D eigenvalue weighted by Crippen LogP contribution is -2.24. The van der Waals surface area contributed by atoms with E-state index in [0.29, 0.717) is 22.2 Å². The molecule has 2 heterocycles. The summed E-state index contributed by atoms with van der Waals surface area (Å²) in [5.74, 6) is 2.70. The molecule has 10 heteroatoms. The molecule has 1 aromatic carbocycles. The van der Waals surface area contributed by atoms with E-state index in [-0.39, 0.29) is 16.6 Å². The molecule has 0 radical (unpaired) electrons. The fourth-order valence-corrected chi connectivity index (χ4v) is 4.63. The van der Waals surface area contributed by atoms with Gasteiger partial charge in [-0.25, -0.2) is 24.8 Å². The van der Waals surface area contributed by atoms with Crippen molar-refractivity contribution >= 4 is 41.1 Å². The van der Waals surface area contributed by atoms with Crippen molar-refractivity contribution in [2.75, 3.05) is 16.4 Å². The van der Waals surface area contributed by atoms with E-state index in [1.54, 1.807) is 4.90 Å². The summed E-state index contributed by atoms with van der Waals surface area (Å²) in [7, 11) is 0. The Balaban J connectivity index is 2.34. The van der Waals surface area contributed by atoms with Crippen LogP contribution in [0, 0.1) is 0 Å². The topological polar surface area (TPSA) is 101 Å². The molecular formula is C24H33N7OS2. The average Bonchev–Trinajstić information content (AvgIpc) is 2.73. The van der Waals surface area contributed by atoms with Crippen molar-refractivity contribution in [2.24, 2.45) is 0 Å². The third-order valence-electron chi connectivity index (χ3n) is 4.98. The highest BCUT2D eigenvalue weighted by Gasteiger charge is 2.32. The minimum Gasteiger partial charge on any atom is -0.507 e. The van der Waals surface area contributed by atoms with Crippen molar-refractivity contribution in [1.82, 2.24) is 29.9 Å². The fraction of sp³-hybridized carbons (Fsp3) is 0.500. The predicted octanol–water partition coefficient (Wildman–Crippen LogP) is 6.05. The number of rotatable bonds is 7. The second kappa shape index (κ2) is 10.4. The summed E-state index contributed by atoms with van der Waals surface area (Å²) in [5, 5.41) is 12.7. The van der Waals surface area contributed by atoms with Crippen LogP contribution in [0.2, 0.25) is 0 Å². The smallest absolute Gasteiger partial charge is 0.241 e. The first-order valence-corrected chi connectivity index (χ1v) is 13.2. The van der Waals surface area contributed by atoms with E-state index in [1.807, 2.05) is 26.0 Å². The van der Waals surface area contributed by atoms with Gasteiger partial charge in [-0.3, -0.25) is 0 Å². The molecule has 0 aliphatic rings. The van der Waals surface area contributed by atoms with E-state index >= 15 is 0 Å². The molecule has 34 heavy (non-hydrogen) atoms. The molecule has 3 rings (SSSR count). The van der Waals surface area contributed by atoms with Gasteiger partial charge in [-0.05, 0) is 34.0 Å². The van der Waals surface area contributed by atoms with E-state index in [1.165, 1.54) is 36.2 Å². The van der Waals surface area contributed by atoms with Crippen molar-refractivity contribution < 1.29 is 5.11 Å². The maximum Gasteiger partial charge on any atom is 0.241 e. The Hall–Kier alpha value is -2.46. The first kappa shape index (κ1) is 26.2. The highest BCUT2D eigenvalue weighted by atomic mass is 32.2. The molecule has 2 aromatic heterocycles. The van der Waals surface area contributed by atoms with Crippen LogP contribution in [0.5, 0.6) is 5.75 Å². The highest BCUT2D eigenvalue weighted by Crippen LogP contribution is 2.47. The lowest BCUT2D eigenvalue weighted by atomic mass is 9.78. The zero-order valence-corrected chi connectivity index (χ0v) is 22.8. The minimum absolute atomic E-state index is 0.232. The summed E-state index contributed by atoms with van der Waals surface area (Å²) < 4.78 is 0. The molecule has 0 atom stereocenters. The lowest BCUT2D eigenvalue weighted by molar-refractivity contribution is 0.424. The van der Waals surface area contributed by atoms with Crippen LogP contribution >= 0.6 is 23.5 Å². The van der Waals surface area contributed by atoms with Gasteiger partial charge in [-0.2, -0.15) is 9.97 Å². The maximum absolute atomic E-state index is 11.5. The molecular weight excluding hydrogens is 466 g/mol. The standard InChI is InChI=1S/C24H33N7OS2/c1-9-33-21-27-13-25-19(29-21)31(20-26-14-28-22(30-20)34-10-2)16-12-11-15(23(3,4)5)18(32)17(16)24(6,7)8/h11-14,32H,9-10H2,1-8H3. The van der Waals surface area contributed by atoms with Gasteiger partial charge in [0, 0.05) is 5.56 Å². The lowest BCUT2D eigenvalue weighted by Gasteiger charge is -2.32. The molecule has 0 unspecified atom stereocenters. The highest BCUT2D eigenvalue weighted by molar-refractivity contribution is 7.99. The van der Waals surface area contributed by atoms with Crippen LogP contribution in [0.3, 0.4) is 0 Å². The molecule has 1 N–H and O–H groups in total. The van der Waals surface area contributed by atoms with Crippen molar-refractivity contribution in [3.8, 4) is 5.75 Å². The first-order chi connectivity index (χ1) is 16.0.